The summed E-state index contributed by atoms with van der Waals surface area (Å²) < 4.78 is 58.6. The van der Waals surface area contributed by atoms with Crippen molar-refractivity contribution in [2.24, 2.45) is 0 Å². The van der Waals surface area contributed by atoms with E-state index in [1.807, 2.05) is 0 Å². The summed E-state index contributed by atoms with van der Waals surface area (Å²) in [5, 5.41) is 9.92. The molecular formula is C26H20ClF4NO3. The lowest BCUT2D eigenvalue weighted by Gasteiger charge is -2.16. The Labute approximate surface area is 203 Å². The predicted molar refractivity (Wildman–Crippen MR) is 124 cm³/mol. The molecule has 3 aromatic rings. The number of aromatic carboxylic acids is 1. The molecule has 1 heterocycles. The molecule has 0 aliphatic heterocycles. The average Bonchev–Trinajstić information content (AvgIpc) is 3.28. The molecule has 0 radical (unpaired) electrons. The Bertz CT molecular complexity index is 1330. The van der Waals surface area contributed by atoms with Crippen molar-refractivity contribution in [3.05, 3.63) is 93.0 Å². The van der Waals surface area contributed by atoms with Crippen LogP contribution in [-0.2, 0) is 12.8 Å². The lowest BCUT2D eigenvalue weighted by molar-refractivity contribution is -0.137. The predicted octanol–water partition coefficient (Wildman–Crippen LogP) is 7.57. The maximum absolute atomic E-state index is 14.3. The van der Waals surface area contributed by atoms with Gasteiger partial charge in [-0.25, -0.2) is 9.18 Å². The molecule has 182 valence electrons. The maximum Gasteiger partial charge on any atom is 0.416 e. The van der Waals surface area contributed by atoms with Crippen molar-refractivity contribution in [3.63, 3.8) is 0 Å². The normalized spacial score (nSPS) is 13.9. The smallest absolute Gasteiger partial charge is 0.416 e. The first-order valence-electron chi connectivity index (χ1n) is 10.8. The minimum Gasteiger partial charge on any atom is -0.488 e. The summed E-state index contributed by atoms with van der Waals surface area (Å²) >= 11 is 6.24. The van der Waals surface area contributed by atoms with Gasteiger partial charge in [-0.3, -0.25) is 4.98 Å². The Morgan fingerprint density at radius 3 is 2.54 bits per heavy atom. The summed E-state index contributed by atoms with van der Waals surface area (Å²) in [5.74, 6) is -1.69. The fourth-order valence-corrected chi connectivity index (χ4v) is 4.31. The van der Waals surface area contributed by atoms with Crippen molar-refractivity contribution in [1.82, 2.24) is 4.98 Å². The number of allylic oxidation sites excluding steroid dienone is 2. The number of ether oxygens (including phenoxy) is 1. The van der Waals surface area contributed by atoms with E-state index in [9.17, 15) is 27.5 Å². The van der Waals surface area contributed by atoms with E-state index in [4.69, 9.17) is 16.3 Å². The number of rotatable bonds is 6. The molecule has 0 amide bonds. The Morgan fingerprint density at radius 2 is 1.86 bits per heavy atom. The van der Waals surface area contributed by atoms with Gasteiger partial charge in [0.1, 0.15) is 18.2 Å². The number of nitrogens with zero attached hydrogens (tertiary/aromatic N) is 1. The van der Waals surface area contributed by atoms with Gasteiger partial charge in [0.2, 0.25) is 0 Å². The summed E-state index contributed by atoms with van der Waals surface area (Å²) in [6.45, 7) is 1.34. The zero-order valence-corrected chi connectivity index (χ0v) is 19.3. The Kier molecular flexibility index (Phi) is 6.85. The second-order valence-electron chi connectivity index (χ2n) is 8.21. The molecule has 1 N–H and O–H groups in total. The van der Waals surface area contributed by atoms with Crippen LogP contribution in [0.4, 0.5) is 17.6 Å². The number of pyridine rings is 1. The van der Waals surface area contributed by atoms with Crippen LogP contribution in [0.3, 0.4) is 0 Å². The van der Waals surface area contributed by atoms with Gasteiger partial charge in [0.25, 0.3) is 0 Å². The largest absolute Gasteiger partial charge is 0.488 e. The van der Waals surface area contributed by atoms with E-state index in [-0.39, 0.29) is 17.7 Å². The molecule has 4 rings (SSSR count). The van der Waals surface area contributed by atoms with Crippen molar-refractivity contribution in [2.45, 2.75) is 39.0 Å². The van der Waals surface area contributed by atoms with Crippen molar-refractivity contribution in [1.29, 1.82) is 0 Å². The lowest BCUT2D eigenvalue weighted by Crippen LogP contribution is -2.07. The number of hydrogen-bond acceptors (Lipinski definition) is 3. The van der Waals surface area contributed by atoms with Gasteiger partial charge in [-0.1, -0.05) is 17.7 Å². The SMILES string of the molecule is Cc1ncc(C2=C(c3cc(Cl)ccc3OCc3ccc(C(F)(F)F)cc3F)CCC2)cc1C(=O)O. The lowest BCUT2D eigenvalue weighted by atomic mass is 9.96. The van der Waals surface area contributed by atoms with Crippen LogP contribution in [0.1, 0.15) is 57.6 Å². The van der Waals surface area contributed by atoms with Gasteiger partial charge in [-0.15, -0.1) is 0 Å². The fourth-order valence-electron chi connectivity index (χ4n) is 4.13. The molecule has 0 unspecified atom stereocenters. The summed E-state index contributed by atoms with van der Waals surface area (Å²) in [6, 6.07) is 8.84. The van der Waals surface area contributed by atoms with Crippen molar-refractivity contribution < 1.29 is 32.2 Å². The van der Waals surface area contributed by atoms with Crippen LogP contribution in [0.5, 0.6) is 5.75 Å². The molecule has 9 heteroatoms. The van der Waals surface area contributed by atoms with E-state index in [1.165, 1.54) is 0 Å². The van der Waals surface area contributed by atoms with Gasteiger partial charge in [0.05, 0.1) is 16.8 Å². The monoisotopic (exact) mass is 505 g/mol. The van der Waals surface area contributed by atoms with Crippen molar-refractivity contribution in [2.75, 3.05) is 0 Å². The molecule has 0 atom stereocenters. The second kappa shape index (κ2) is 9.70. The molecule has 2 aromatic carbocycles. The average molecular weight is 506 g/mol. The maximum atomic E-state index is 14.3. The molecule has 35 heavy (non-hydrogen) atoms. The first-order valence-corrected chi connectivity index (χ1v) is 11.1. The highest BCUT2D eigenvalue weighted by Gasteiger charge is 2.31. The van der Waals surface area contributed by atoms with Crippen LogP contribution in [0.15, 0.2) is 48.7 Å². The van der Waals surface area contributed by atoms with Gasteiger partial charge in [-0.05, 0) is 79.3 Å². The van der Waals surface area contributed by atoms with Crippen LogP contribution < -0.4 is 4.74 Å². The van der Waals surface area contributed by atoms with Gasteiger partial charge >= 0.3 is 12.1 Å². The quantitative estimate of drug-likeness (QED) is 0.351. The van der Waals surface area contributed by atoms with E-state index in [1.54, 1.807) is 37.4 Å². The topological polar surface area (TPSA) is 59.4 Å². The first kappa shape index (κ1) is 24.7. The number of carboxylic acids is 1. The third kappa shape index (κ3) is 5.32. The van der Waals surface area contributed by atoms with Crippen LogP contribution in [0.25, 0.3) is 11.1 Å². The first-order chi connectivity index (χ1) is 16.5. The summed E-state index contributed by atoms with van der Waals surface area (Å²) in [6.07, 6.45) is -0.818. The third-order valence-corrected chi connectivity index (χ3v) is 6.15. The van der Waals surface area contributed by atoms with Gasteiger partial charge in [0, 0.05) is 22.3 Å². The van der Waals surface area contributed by atoms with E-state index in [0.717, 1.165) is 29.7 Å². The molecular weight excluding hydrogens is 486 g/mol. The second-order valence-corrected chi connectivity index (χ2v) is 8.64. The van der Waals surface area contributed by atoms with Crippen LogP contribution >= 0.6 is 11.6 Å². The fraction of sp³-hybridized carbons (Fsp3) is 0.231. The summed E-state index contributed by atoms with van der Waals surface area (Å²) in [4.78, 5) is 15.8. The number of carbonyl (C=O) groups is 1. The van der Waals surface area contributed by atoms with Gasteiger partial charge in [0.15, 0.2) is 0 Å². The van der Waals surface area contributed by atoms with Crippen molar-refractivity contribution in [3.8, 4) is 5.75 Å². The number of hydrogen-bond donors (Lipinski definition) is 1. The number of carboxylic acid groups (broad SMARTS) is 1. The Hall–Kier alpha value is -3.39. The highest BCUT2D eigenvalue weighted by molar-refractivity contribution is 6.30. The van der Waals surface area contributed by atoms with Crippen LogP contribution in [0.2, 0.25) is 5.02 Å². The summed E-state index contributed by atoms with van der Waals surface area (Å²) in [5.41, 5.74) is 2.58. The van der Waals surface area contributed by atoms with E-state index >= 15 is 0 Å². The van der Waals surface area contributed by atoms with E-state index < -0.39 is 23.5 Å². The number of aromatic nitrogens is 1. The zero-order chi connectivity index (χ0) is 25.3. The standard InChI is InChI=1S/C26H20ClF4NO3/c1-14-21(25(33)34)9-16(12-32-14)19-3-2-4-20(19)22-11-18(27)7-8-24(22)35-13-15-5-6-17(10-23(15)28)26(29,30)31/h5-12H,2-4,13H2,1H3,(H,33,34). The van der Waals surface area contributed by atoms with Crippen LogP contribution in [-0.4, -0.2) is 16.1 Å². The Morgan fingerprint density at radius 1 is 1.11 bits per heavy atom. The summed E-state index contributed by atoms with van der Waals surface area (Å²) in [7, 11) is 0. The van der Waals surface area contributed by atoms with Gasteiger partial charge in [-0.2, -0.15) is 13.2 Å². The van der Waals surface area contributed by atoms with Gasteiger partial charge < -0.3 is 9.84 Å². The molecule has 1 aliphatic carbocycles. The zero-order valence-electron chi connectivity index (χ0n) is 18.5. The minimum absolute atomic E-state index is 0.0200. The third-order valence-electron chi connectivity index (χ3n) is 5.91. The van der Waals surface area contributed by atoms with E-state index in [2.05, 4.69) is 4.98 Å². The Balaban J connectivity index is 1.69. The molecule has 0 spiro atoms. The molecule has 0 fully saturated rings. The number of aryl methyl sites for hydroxylation is 1. The molecule has 0 saturated carbocycles. The molecule has 1 aliphatic rings. The number of alkyl halides is 3. The van der Waals surface area contributed by atoms with E-state index in [0.29, 0.717) is 46.5 Å². The molecule has 1 aromatic heterocycles. The highest BCUT2D eigenvalue weighted by atomic mass is 35.5. The minimum atomic E-state index is -4.64. The number of halogens is 5. The van der Waals surface area contributed by atoms with Crippen LogP contribution in [0, 0.1) is 12.7 Å². The molecule has 0 bridgehead atoms. The van der Waals surface area contributed by atoms with Crippen molar-refractivity contribution >= 4 is 28.7 Å². The molecule has 4 nitrogen and oxygen atoms in total. The molecule has 0 saturated heterocycles. The highest BCUT2D eigenvalue weighted by Crippen LogP contribution is 2.44. The number of benzene rings is 2.